The van der Waals surface area contributed by atoms with E-state index in [0.29, 0.717) is 0 Å². The molecule has 0 N–H and O–H groups in total. The number of carbonyl (C=O) groups excluding carboxylic acids is 2. The Balaban J connectivity index is 4.07. The van der Waals surface area contributed by atoms with Gasteiger partial charge in [0.15, 0.2) is 0 Å². The van der Waals surface area contributed by atoms with Crippen molar-refractivity contribution >= 4 is 37.2 Å². The minimum Gasteiger partial charge on any atom is -0.385 e. The summed E-state index contributed by atoms with van der Waals surface area (Å²) in [5.74, 6) is -1.79. The molecular formula is C6H6O3S2. The Kier molecular flexibility index (Phi) is 3.99. The summed E-state index contributed by atoms with van der Waals surface area (Å²) >= 11 is 7.12. The molecule has 0 unspecified atom stereocenters. The van der Waals surface area contributed by atoms with Gasteiger partial charge in [0.05, 0.1) is 9.81 Å². The molecule has 0 aliphatic heterocycles. The largest absolute Gasteiger partial charge is 0.385 e. The Hall–Kier alpha value is -0.680. The summed E-state index contributed by atoms with van der Waals surface area (Å²) in [5, 5.41) is 0. The molecule has 11 heavy (non-hydrogen) atoms. The van der Waals surface area contributed by atoms with Gasteiger partial charge in [-0.15, -0.1) is 25.3 Å². The van der Waals surface area contributed by atoms with Crippen LogP contribution in [0.1, 0.15) is 0 Å². The average Bonchev–Trinajstić information content (AvgIpc) is 1.87. The monoisotopic (exact) mass is 190 g/mol. The molecule has 0 aromatic heterocycles. The smallest absolute Gasteiger partial charge is 0.351 e. The molecular weight excluding hydrogens is 184 g/mol. The van der Waals surface area contributed by atoms with E-state index in [4.69, 9.17) is 0 Å². The molecule has 0 aliphatic rings. The number of esters is 2. The van der Waals surface area contributed by atoms with E-state index in [-0.39, 0.29) is 9.81 Å². The molecule has 0 radical (unpaired) electrons. The van der Waals surface area contributed by atoms with E-state index >= 15 is 0 Å². The number of hydrogen-bond donors (Lipinski definition) is 2. The maximum absolute atomic E-state index is 10.6. The van der Waals surface area contributed by atoms with E-state index in [1.165, 1.54) is 0 Å². The van der Waals surface area contributed by atoms with Gasteiger partial charge in [-0.05, 0) is 0 Å². The highest BCUT2D eigenvalue weighted by Crippen LogP contribution is 2.04. The lowest BCUT2D eigenvalue weighted by Crippen LogP contribution is -2.11. The van der Waals surface area contributed by atoms with Crippen LogP contribution in [0.2, 0.25) is 0 Å². The minimum absolute atomic E-state index is 0.145. The van der Waals surface area contributed by atoms with Crippen LogP contribution in [0.5, 0.6) is 0 Å². The SMILES string of the molecule is C=C(S)C(=O)OC(=O)C(=C)S. The summed E-state index contributed by atoms with van der Waals surface area (Å²) in [5.41, 5.74) is 0. The molecule has 0 spiro atoms. The number of thiol groups is 2. The van der Waals surface area contributed by atoms with E-state index in [1.807, 2.05) is 0 Å². The third-order valence-electron chi connectivity index (χ3n) is 0.657. The summed E-state index contributed by atoms with van der Waals surface area (Å²) < 4.78 is 4.14. The van der Waals surface area contributed by atoms with E-state index in [2.05, 4.69) is 43.2 Å². The van der Waals surface area contributed by atoms with Crippen molar-refractivity contribution in [3.8, 4) is 0 Å². The first kappa shape index (κ1) is 10.3. The maximum atomic E-state index is 10.6. The van der Waals surface area contributed by atoms with Gasteiger partial charge in [-0.3, -0.25) is 0 Å². The van der Waals surface area contributed by atoms with E-state index in [9.17, 15) is 9.59 Å². The van der Waals surface area contributed by atoms with Crippen LogP contribution in [-0.4, -0.2) is 11.9 Å². The molecule has 0 aromatic carbocycles. The van der Waals surface area contributed by atoms with E-state index in [0.717, 1.165) is 0 Å². The Morgan fingerprint density at radius 2 is 1.27 bits per heavy atom. The van der Waals surface area contributed by atoms with Gasteiger partial charge in [0.25, 0.3) is 0 Å². The Bertz CT molecular complexity index is 208. The normalized spacial score (nSPS) is 8.55. The zero-order chi connectivity index (χ0) is 9.02. The molecule has 0 bridgehead atoms. The second-order valence-corrected chi connectivity index (χ2v) is 2.65. The van der Waals surface area contributed by atoms with Crippen molar-refractivity contribution in [1.82, 2.24) is 0 Å². The standard InChI is InChI=1S/C6H6O3S2/c1-3(10)5(7)9-6(8)4(2)11/h10-11H,1-2H2. The molecule has 0 aromatic rings. The summed E-state index contributed by atoms with van der Waals surface area (Å²) in [6.45, 7) is 6.30. The fourth-order valence-electron chi connectivity index (χ4n) is 0.202. The first-order valence-corrected chi connectivity index (χ1v) is 3.37. The fraction of sp³-hybridized carbons (Fsp3) is 0. The number of carbonyl (C=O) groups is 2. The van der Waals surface area contributed by atoms with E-state index < -0.39 is 11.9 Å². The summed E-state index contributed by atoms with van der Waals surface area (Å²) in [4.78, 5) is 20.8. The van der Waals surface area contributed by atoms with Crippen LogP contribution >= 0.6 is 25.3 Å². The van der Waals surface area contributed by atoms with Gasteiger partial charge < -0.3 is 4.74 Å². The highest BCUT2D eigenvalue weighted by molar-refractivity contribution is 7.85. The van der Waals surface area contributed by atoms with Crippen molar-refractivity contribution in [2.24, 2.45) is 0 Å². The minimum atomic E-state index is -0.895. The van der Waals surface area contributed by atoms with Crippen LogP contribution < -0.4 is 0 Å². The van der Waals surface area contributed by atoms with Crippen molar-refractivity contribution in [3.05, 3.63) is 23.0 Å². The zero-order valence-corrected chi connectivity index (χ0v) is 7.32. The van der Waals surface area contributed by atoms with E-state index in [1.54, 1.807) is 0 Å². The molecule has 0 heterocycles. The van der Waals surface area contributed by atoms with Gasteiger partial charge in [-0.2, -0.15) is 0 Å². The average molecular weight is 190 g/mol. The zero-order valence-electron chi connectivity index (χ0n) is 5.53. The van der Waals surface area contributed by atoms with Crippen molar-refractivity contribution in [2.75, 3.05) is 0 Å². The second-order valence-electron chi connectivity index (χ2n) is 1.57. The van der Waals surface area contributed by atoms with Gasteiger partial charge in [0, 0.05) is 0 Å². The van der Waals surface area contributed by atoms with Gasteiger partial charge in [-0.1, -0.05) is 13.2 Å². The quantitative estimate of drug-likeness (QED) is 0.295. The van der Waals surface area contributed by atoms with Crippen molar-refractivity contribution in [1.29, 1.82) is 0 Å². The fourth-order valence-corrected chi connectivity index (χ4v) is 0.293. The van der Waals surface area contributed by atoms with Crippen LogP contribution in [0.4, 0.5) is 0 Å². The lowest BCUT2D eigenvalue weighted by molar-refractivity contribution is -0.152. The first-order chi connectivity index (χ1) is 4.95. The summed E-state index contributed by atoms with van der Waals surface area (Å²) in [7, 11) is 0. The van der Waals surface area contributed by atoms with Gasteiger partial charge in [-0.25, -0.2) is 9.59 Å². The number of ether oxygens (including phenoxy) is 1. The van der Waals surface area contributed by atoms with Crippen molar-refractivity contribution < 1.29 is 14.3 Å². The predicted molar refractivity (Wildman–Crippen MR) is 47.4 cm³/mol. The van der Waals surface area contributed by atoms with Gasteiger partial charge in [0.2, 0.25) is 0 Å². The van der Waals surface area contributed by atoms with Crippen LogP contribution in [-0.2, 0) is 14.3 Å². The third-order valence-corrected chi connectivity index (χ3v) is 1.02. The number of rotatable bonds is 2. The molecule has 60 valence electrons. The van der Waals surface area contributed by atoms with Gasteiger partial charge in [0.1, 0.15) is 0 Å². The Morgan fingerprint density at radius 3 is 1.45 bits per heavy atom. The van der Waals surface area contributed by atoms with Crippen LogP contribution in [0.15, 0.2) is 23.0 Å². The molecule has 0 fully saturated rings. The van der Waals surface area contributed by atoms with Crippen LogP contribution in [0, 0.1) is 0 Å². The van der Waals surface area contributed by atoms with Crippen molar-refractivity contribution in [2.45, 2.75) is 0 Å². The van der Waals surface area contributed by atoms with Crippen molar-refractivity contribution in [3.63, 3.8) is 0 Å². The Morgan fingerprint density at radius 1 is 1.00 bits per heavy atom. The molecule has 0 amide bonds. The highest BCUT2D eigenvalue weighted by atomic mass is 32.1. The first-order valence-electron chi connectivity index (χ1n) is 2.47. The molecule has 3 nitrogen and oxygen atoms in total. The molecule has 0 saturated heterocycles. The molecule has 0 atom stereocenters. The second kappa shape index (κ2) is 4.25. The third kappa shape index (κ3) is 3.90. The lowest BCUT2D eigenvalue weighted by Gasteiger charge is -1.98. The predicted octanol–water partition coefficient (Wildman–Crippen LogP) is 0.943. The summed E-state index contributed by atoms with van der Waals surface area (Å²) in [6.07, 6.45) is 0. The molecule has 5 heteroatoms. The maximum Gasteiger partial charge on any atom is 0.351 e. The molecule has 0 rings (SSSR count). The van der Waals surface area contributed by atoms with Crippen LogP contribution in [0.25, 0.3) is 0 Å². The van der Waals surface area contributed by atoms with Gasteiger partial charge >= 0.3 is 11.9 Å². The summed E-state index contributed by atoms with van der Waals surface area (Å²) in [6, 6.07) is 0. The molecule has 0 saturated carbocycles. The lowest BCUT2D eigenvalue weighted by atomic mass is 10.6. The number of hydrogen-bond acceptors (Lipinski definition) is 5. The van der Waals surface area contributed by atoms with Crippen LogP contribution in [0.3, 0.4) is 0 Å². The highest BCUT2D eigenvalue weighted by Gasteiger charge is 2.11. The Labute approximate surface area is 74.9 Å². The molecule has 0 aliphatic carbocycles. The topological polar surface area (TPSA) is 43.4 Å².